The van der Waals surface area contributed by atoms with Crippen LogP contribution in [0.15, 0.2) is 28.1 Å². The Bertz CT molecular complexity index is 3140. The fourth-order valence-corrected chi connectivity index (χ4v) is 10.0. The molecule has 2 aliphatic rings. The van der Waals surface area contributed by atoms with Gasteiger partial charge in [0.1, 0.15) is 43.3 Å². The van der Waals surface area contributed by atoms with Crippen molar-refractivity contribution >= 4 is 52.5 Å². The number of rotatable bonds is 48. The van der Waals surface area contributed by atoms with E-state index in [2.05, 4.69) is 41.9 Å². The largest absolute Gasteiger partial charge is 0.458 e. The van der Waals surface area contributed by atoms with Gasteiger partial charge in [0.15, 0.2) is 5.60 Å². The van der Waals surface area contributed by atoms with Gasteiger partial charge in [-0.3, -0.25) is 28.8 Å². The van der Waals surface area contributed by atoms with Gasteiger partial charge in [0.25, 0.3) is 5.56 Å². The predicted molar refractivity (Wildman–Crippen MR) is 345 cm³/mol. The number of benzene rings is 1. The average molecular weight is 1360 g/mol. The second-order valence-electron chi connectivity index (χ2n) is 23.8. The number of alkyl carbamates (subject to hydrolysis) is 1. The molecule has 3 atom stereocenters. The van der Waals surface area contributed by atoms with E-state index < -0.39 is 102 Å². The summed E-state index contributed by atoms with van der Waals surface area (Å²) in [5.74, 6) is -4.96. The molecule has 0 aliphatic carbocycles. The number of carbonyl (C=O) groups is 7. The minimum absolute atomic E-state index is 0.0414. The van der Waals surface area contributed by atoms with Gasteiger partial charge in [-0.25, -0.2) is 19.0 Å². The molecule has 0 spiro atoms. The van der Waals surface area contributed by atoms with Crippen LogP contribution in [0.1, 0.15) is 101 Å². The van der Waals surface area contributed by atoms with E-state index in [1.54, 1.807) is 60.6 Å². The zero-order valence-corrected chi connectivity index (χ0v) is 56.2. The topological polar surface area (TPSA) is 397 Å². The lowest BCUT2D eigenvalue weighted by Gasteiger charge is -2.31. The molecule has 0 radical (unpaired) electrons. The first-order valence-electron chi connectivity index (χ1n) is 32.4. The number of aryl methyl sites for hydroxylation is 2. The molecule has 2 aliphatic heterocycles. The highest BCUT2D eigenvalue weighted by atomic mass is 19.1. The Morgan fingerprint density at radius 3 is 1.88 bits per heavy atom. The zero-order chi connectivity index (χ0) is 69.9. The third-order valence-electron chi connectivity index (χ3n) is 15.0. The molecular weight excluding hydrogens is 1260 g/mol. The maximum atomic E-state index is 15.1. The van der Waals surface area contributed by atoms with Crippen molar-refractivity contribution in [1.29, 1.82) is 0 Å². The molecule has 2 aromatic heterocycles. The minimum Gasteiger partial charge on any atom is -0.458 e. The van der Waals surface area contributed by atoms with E-state index in [-0.39, 0.29) is 70.0 Å². The number of pyridine rings is 2. The Hall–Kier alpha value is -7.49. The van der Waals surface area contributed by atoms with Crippen LogP contribution < -0.4 is 37.5 Å². The van der Waals surface area contributed by atoms with Gasteiger partial charge in [-0.2, -0.15) is 0 Å². The van der Waals surface area contributed by atoms with Crippen molar-refractivity contribution in [1.82, 2.24) is 41.5 Å². The van der Waals surface area contributed by atoms with Crippen LogP contribution in [0.5, 0.6) is 0 Å². The summed E-state index contributed by atoms with van der Waals surface area (Å²) in [4.78, 5) is 113. The van der Waals surface area contributed by atoms with Crippen LogP contribution >= 0.6 is 0 Å². The minimum atomic E-state index is -2.04. The highest BCUT2D eigenvalue weighted by Gasteiger charge is 2.45. The van der Waals surface area contributed by atoms with Gasteiger partial charge in [-0.05, 0) is 101 Å². The van der Waals surface area contributed by atoms with Crippen LogP contribution in [0, 0.1) is 18.7 Å². The molecule has 6 amide bonds. The first-order chi connectivity index (χ1) is 46.1. The Morgan fingerprint density at radius 1 is 0.719 bits per heavy atom. The van der Waals surface area contributed by atoms with Gasteiger partial charge in [0.05, 0.1) is 141 Å². The van der Waals surface area contributed by atoms with E-state index >= 15 is 4.39 Å². The number of cyclic esters (lactones) is 1. The van der Waals surface area contributed by atoms with E-state index in [1.165, 1.54) is 10.6 Å². The molecular formula is C64H96FN11O20. The van der Waals surface area contributed by atoms with Crippen LogP contribution in [0.4, 0.5) is 9.18 Å². The molecule has 7 N–H and O–H groups in total. The third-order valence-corrected chi connectivity index (χ3v) is 15.0. The maximum absolute atomic E-state index is 15.1. The number of aromatic nitrogens is 2. The number of aliphatic hydroxyl groups is 1. The number of halogens is 1. The lowest BCUT2D eigenvalue weighted by molar-refractivity contribution is -0.172. The number of esters is 1. The fraction of sp³-hybridized carbons (Fsp3) is 0.672. The second kappa shape index (κ2) is 42.2. The van der Waals surface area contributed by atoms with Crippen molar-refractivity contribution < 1.29 is 95.2 Å². The summed E-state index contributed by atoms with van der Waals surface area (Å²) in [6.45, 7) is 17.0. The molecule has 0 saturated heterocycles. The summed E-state index contributed by atoms with van der Waals surface area (Å²) in [6.07, 6.45) is 0.851. The van der Waals surface area contributed by atoms with Gasteiger partial charge in [-0.15, -0.1) is 0 Å². The van der Waals surface area contributed by atoms with Gasteiger partial charge >= 0.3 is 12.1 Å². The number of hydrogen-bond acceptors (Lipinski definition) is 22. The molecule has 1 aromatic carbocycles. The lowest BCUT2D eigenvalue weighted by Crippen LogP contribution is -2.56. The molecule has 32 heteroatoms. The van der Waals surface area contributed by atoms with Crippen molar-refractivity contribution in [2.24, 2.45) is 11.0 Å². The summed E-state index contributed by atoms with van der Waals surface area (Å²) in [5, 5.41) is 31.4. The fourth-order valence-electron chi connectivity index (χ4n) is 10.0. The Balaban J connectivity index is 0.980. The van der Waals surface area contributed by atoms with E-state index in [0.717, 1.165) is 5.56 Å². The highest BCUT2D eigenvalue weighted by Crippen LogP contribution is 2.41. The Kier molecular flexibility index (Phi) is 34.9. The second-order valence-corrected chi connectivity index (χ2v) is 23.8. The maximum Gasteiger partial charge on any atom is 0.407 e. The molecule has 4 heterocycles. The molecule has 0 saturated carbocycles. The van der Waals surface area contributed by atoms with Crippen LogP contribution in [0.3, 0.4) is 0 Å². The Morgan fingerprint density at radius 2 is 1.29 bits per heavy atom. The quantitative estimate of drug-likeness (QED) is 0.0110. The zero-order valence-electron chi connectivity index (χ0n) is 56.2. The van der Waals surface area contributed by atoms with Gasteiger partial charge < -0.3 is 93.7 Å². The molecule has 96 heavy (non-hydrogen) atoms. The van der Waals surface area contributed by atoms with E-state index in [0.29, 0.717) is 158 Å². The van der Waals surface area contributed by atoms with Crippen molar-refractivity contribution in [3.63, 3.8) is 0 Å². The smallest absolute Gasteiger partial charge is 0.407 e. The van der Waals surface area contributed by atoms with Crippen molar-refractivity contribution in [3.8, 4) is 11.4 Å². The first-order valence-corrected chi connectivity index (χ1v) is 32.4. The number of unbranched alkanes of at least 4 members (excludes halogenated alkanes) is 1. The summed E-state index contributed by atoms with van der Waals surface area (Å²) >= 11 is 0. The number of fused-ring (bicyclic) bond motifs is 5. The van der Waals surface area contributed by atoms with E-state index in [4.69, 9.17) is 62.6 Å². The standard InChI is InChI=1S/C64H96FN11O20/c1-8-64(85)48-35-52-57-46(38-76(52)60(82)47(48)39-95-61(64)83)44(45-34-43(4)49(65)36-51(45)72-57)12-11-15-67-53(77)37-70-58(80)50(13-9-10-14-69-62(84)96-63(5,6)7)73-59(81)56(42(2)3)74-55(79)41-94-40-54(78)68-16-18-86-20-22-88-24-26-90-28-30-92-32-33-93-31-29-91-27-25-89-23-21-87-19-17-71-75-66/h34-36,42,50,56,85H,8-33,37-41H2,1-7H3,(H,67,77)(H,68,78)(H,69,84)(H,70,80)(H,73,81)(H,74,79)/t50-,56-,64-/m0/s1. The van der Waals surface area contributed by atoms with E-state index in [9.17, 15) is 43.5 Å². The summed E-state index contributed by atoms with van der Waals surface area (Å²) in [5.41, 5.74) is 8.21. The predicted octanol–water partition coefficient (Wildman–Crippen LogP) is 2.59. The van der Waals surface area contributed by atoms with Crippen LogP contribution in [-0.4, -0.2) is 226 Å². The summed E-state index contributed by atoms with van der Waals surface area (Å²) in [6, 6.07) is 2.25. The molecule has 0 bridgehead atoms. The highest BCUT2D eigenvalue weighted by molar-refractivity contribution is 5.94. The van der Waals surface area contributed by atoms with E-state index in [1.807, 2.05) is 0 Å². The number of azide groups is 1. The third kappa shape index (κ3) is 26.8. The molecule has 3 aromatic rings. The lowest BCUT2D eigenvalue weighted by atomic mass is 9.86. The molecule has 0 fully saturated rings. The van der Waals surface area contributed by atoms with Crippen molar-refractivity contribution in [2.45, 2.75) is 123 Å². The van der Waals surface area contributed by atoms with Gasteiger partial charge in [0.2, 0.25) is 29.5 Å². The van der Waals surface area contributed by atoms with Crippen LogP contribution in [0.2, 0.25) is 0 Å². The first kappa shape index (κ1) is 79.2. The van der Waals surface area contributed by atoms with Crippen LogP contribution in [0.25, 0.3) is 32.7 Å². The number of amides is 6. The summed E-state index contributed by atoms with van der Waals surface area (Å²) < 4.78 is 75.9. The normalized spacial score (nSPS) is 14.6. The number of nitrogens with one attached hydrogen (secondary N) is 6. The molecule has 31 nitrogen and oxygen atoms in total. The van der Waals surface area contributed by atoms with Crippen molar-refractivity contribution in [2.75, 3.05) is 152 Å². The summed E-state index contributed by atoms with van der Waals surface area (Å²) in [7, 11) is 0. The number of hydrogen-bond donors (Lipinski definition) is 7. The average Bonchev–Trinajstić information content (AvgIpc) is 1.51. The SMILES string of the molecule is CC[C@@]1(O)C(=O)OCc2c1cc1n(c2=O)Cc2c-1nc1cc(F)c(C)cc1c2CCCNC(=O)CNC(=O)[C@H](CCCCNC(=O)OC(C)(C)C)NC(=O)[C@@H](NC(=O)COCC(=O)NCCOCCOCCOCCOCCOCCOCCOCCOCCN=[N+]=[N-])C(C)C. The number of ether oxygens (including phenoxy) is 11. The van der Waals surface area contributed by atoms with Gasteiger partial charge in [-0.1, -0.05) is 25.9 Å². The number of nitrogens with zero attached hydrogens (tertiary/aromatic N) is 5. The molecule has 534 valence electrons. The van der Waals surface area contributed by atoms with Crippen molar-refractivity contribution in [3.05, 3.63) is 72.6 Å². The molecule has 0 unspecified atom stereocenters. The van der Waals surface area contributed by atoms with Crippen LogP contribution in [-0.2, 0) is 106 Å². The molecule has 5 rings (SSSR count). The van der Waals surface area contributed by atoms with Gasteiger partial charge in [0, 0.05) is 53.7 Å². The number of carbonyl (C=O) groups excluding carboxylic acids is 7. The monoisotopic (exact) mass is 1360 g/mol. The Labute approximate surface area is 557 Å².